The van der Waals surface area contributed by atoms with Gasteiger partial charge in [-0.15, -0.1) is 0 Å². The Morgan fingerprint density at radius 3 is 0.865 bits per heavy atom. The van der Waals surface area contributed by atoms with Gasteiger partial charge in [-0.1, -0.05) is 275 Å². The maximum Gasteiger partial charge on any atom is 0.213 e. The van der Waals surface area contributed by atoms with E-state index < -0.39 is 0 Å². The van der Waals surface area contributed by atoms with Crippen LogP contribution in [0.15, 0.2) is 214 Å². The highest BCUT2D eigenvalue weighted by molar-refractivity contribution is 5.27. The Morgan fingerprint density at radius 1 is 0.263 bits per heavy atom. The molecule has 12 heterocycles. The molecule has 12 aromatic rings. The molecule has 14 rings (SSSR count). The molecule has 15 nitrogen and oxygen atoms in total. The number of hydrogen-bond acceptors (Lipinski definition) is 15. The Bertz CT molecular complexity index is 4390. The van der Waals surface area contributed by atoms with Gasteiger partial charge in [-0.3, -0.25) is 44.9 Å². The second-order valence-corrected chi connectivity index (χ2v) is 39.6. The van der Waals surface area contributed by atoms with Gasteiger partial charge in [-0.25, -0.2) is 24.9 Å². The predicted octanol–water partition coefficient (Wildman–Crippen LogP) is 32.8. The minimum atomic E-state index is 0.192. The predicted molar refractivity (Wildman–Crippen MR) is 566 cm³/mol. The van der Waals surface area contributed by atoms with Gasteiger partial charge in [0.25, 0.3) is 0 Å². The zero-order valence-corrected chi connectivity index (χ0v) is 89.1. The molecule has 2 fully saturated rings. The van der Waals surface area contributed by atoms with Crippen LogP contribution < -0.4 is 4.74 Å². The molecule has 2 aliphatic rings. The van der Waals surface area contributed by atoms with E-state index in [0.717, 1.165) is 53.3 Å². The van der Waals surface area contributed by atoms with Crippen LogP contribution in [0.25, 0.3) is 0 Å². The van der Waals surface area contributed by atoms with E-state index in [2.05, 4.69) is 400 Å². The van der Waals surface area contributed by atoms with Crippen LogP contribution >= 0.6 is 0 Å². The van der Waals surface area contributed by atoms with E-state index in [9.17, 15) is 0 Å². The molecule has 0 aliphatic heterocycles. The van der Waals surface area contributed by atoms with Crippen LogP contribution in [0.2, 0.25) is 0 Å². The molecule has 722 valence electrons. The van der Waals surface area contributed by atoms with E-state index in [1.165, 1.54) is 128 Å². The SMILES string of the molecule is CC(C)Oc1ccc(C(C)C)cn1.CC(C)c1ccc(C(C)C)nc1.CC(C)c1ccc(C(C)C)nc1.CC(C)c1ccc(C2CC2)cn1.CC(C)c1ccc(C2CC2)nc1.CC(C)c1ncccn1.CCCc1ccc(C(C)C)cn1.CCc1ccc(C(C)C)nc1.Cc1ccc(C(C)C)cn1.Cc1ccc(C(C)C)cn1.Cc1ccc(C(C)C)nc1.Cc1cnc(C(C)C)nc1. The van der Waals surface area contributed by atoms with Crippen LogP contribution in [0.1, 0.15) is 472 Å². The first-order chi connectivity index (χ1) is 62.9. The number of aryl methyl sites for hydroxylation is 6. The van der Waals surface area contributed by atoms with E-state index in [1.807, 2.05) is 121 Å². The summed E-state index contributed by atoms with van der Waals surface area (Å²) in [6, 6.07) is 44.4. The fourth-order valence-corrected chi connectivity index (χ4v) is 12.0. The van der Waals surface area contributed by atoms with Crippen LogP contribution in [0, 0.1) is 27.7 Å². The maximum absolute atomic E-state index is 5.44. The monoisotopic (exact) mass is 1800 g/mol. The standard InChI is InChI=1S/C11H17NO.2C11H15N.3C11H17N.C10H15N.3C9H13N.C8H12N2.C7H10N2/c1-8(2)10-5-6-11(12-7-10)13-9(3)4;1-8(2)11-6-5-10(7-12-11)9-3-4-9;1-8(2)10-5-6-11(12-7-10)9-3-4-9;2*1-8(2)10-5-6-11(9(3)4)12-7-10;1-4-5-11-7-6-10(8-12-11)9(2)3;1-4-9-5-6-10(8(2)3)11-7-9;2*1-7(2)9-5-4-8(3)10-6-9;1-7(2)9-5-4-8(3)6-10-9;1-6(2)8-9-4-7(3)5-10-8;1-6(2)7-8-4-3-5-9-7/h5-9H,1-4H3;2*5-9H,3-4H2,1-2H3;2*5-9H,1-4H3;6-9H,4-5H2,1-3H3;5-8H,4H2,1-3H3;3*4-7H,1-3H3;4-6H,1-3H3;3-6H,1-2H3. The first kappa shape index (κ1) is 117. The topological polar surface area (TPSA) is 190 Å². The molecule has 0 atom stereocenters. The highest BCUT2D eigenvalue weighted by atomic mass is 16.5. The van der Waals surface area contributed by atoms with Gasteiger partial charge in [0.2, 0.25) is 5.88 Å². The number of ether oxygens (including phenoxy) is 1. The van der Waals surface area contributed by atoms with Crippen molar-refractivity contribution in [3.8, 4) is 5.88 Å². The summed E-state index contributed by atoms with van der Waals surface area (Å²) in [6.07, 6.45) is 35.9. The third-order valence-electron chi connectivity index (χ3n) is 21.9. The number of aromatic nitrogens is 14. The summed E-state index contributed by atoms with van der Waals surface area (Å²) < 4.78 is 5.44. The van der Waals surface area contributed by atoms with Crippen LogP contribution in [0.3, 0.4) is 0 Å². The molecule has 0 bridgehead atoms. The fourth-order valence-electron chi connectivity index (χ4n) is 12.0. The fraction of sp³-hybridized carbons (Fsp3) is 0.508. The lowest BCUT2D eigenvalue weighted by atomic mass is 10.0. The lowest BCUT2D eigenvalue weighted by molar-refractivity contribution is 0.232. The van der Waals surface area contributed by atoms with Gasteiger partial charge in [0.1, 0.15) is 11.6 Å². The van der Waals surface area contributed by atoms with Gasteiger partial charge in [0.15, 0.2) is 0 Å². The maximum atomic E-state index is 5.44. The minimum absolute atomic E-state index is 0.192. The summed E-state index contributed by atoms with van der Waals surface area (Å²) in [5, 5.41) is 0. The van der Waals surface area contributed by atoms with Crippen molar-refractivity contribution in [3.63, 3.8) is 0 Å². The summed E-state index contributed by atoms with van der Waals surface area (Å²) >= 11 is 0. The molecule has 12 aromatic heterocycles. The Labute approximate surface area is 808 Å². The molecule has 0 unspecified atom stereocenters. The summed E-state index contributed by atoms with van der Waals surface area (Å²) in [5.74, 6) is 11.8. The van der Waals surface area contributed by atoms with Gasteiger partial charge in [0.05, 0.1) is 6.10 Å². The minimum Gasteiger partial charge on any atom is -0.475 e. The number of pyridine rings is 10. The van der Waals surface area contributed by atoms with E-state index in [1.54, 1.807) is 12.4 Å². The van der Waals surface area contributed by atoms with Crippen LogP contribution in [0.4, 0.5) is 0 Å². The van der Waals surface area contributed by atoms with Crippen molar-refractivity contribution < 1.29 is 4.74 Å². The van der Waals surface area contributed by atoms with Crippen LogP contribution in [-0.2, 0) is 12.8 Å². The summed E-state index contributed by atoms with van der Waals surface area (Å²) in [7, 11) is 0. The first-order valence-corrected chi connectivity index (χ1v) is 49.6. The molecule has 0 radical (unpaired) electrons. The third-order valence-corrected chi connectivity index (χ3v) is 21.9. The quantitative estimate of drug-likeness (QED) is 0.0660. The Morgan fingerprint density at radius 2 is 0.594 bits per heavy atom. The zero-order valence-electron chi connectivity index (χ0n) is 89.1. The van der Waals surface area contributed by atoms with Crippen molar-refractivity contribution >= 4 is 0 Å². The van der Waals surface area contributed by atoms with Gasteiger partial charge in [-0.2, -0.15) is 0 Å². The van der Waals surface area contributed by atoms with Crippen molar-refractivity contribution in [1.82, 2.24) is 69.8 Å². The number of hydrogen-bond donors (Lipinski definition) is 0. The molecule has 2 aliphatic carbocycles. The number of rotatable bonds is 21. The molecule has 0 aromatic carbocycles. The largest absolute Gasteiger partial charge is 0.475 e. The van der Waals surface area contributed by atoms with Gasteiger partial charge < -0.3 is 4.74 Å². The molecule has 0 spiro atoms. The van der Waals surface area contributed by atoms with E-state index >= 15 is 0 Å². The molecule has 0 N–H and O–H groups in total. The smallest absolute Gasteiger partial charge is 0.213 e. The summed E-state index contributed by atoms with van der Waals surface area (Å²) in [5.41, 5.74) is 24.9. The van der Waals surface area contributed by atoms with E-state index in [-0.39, 0.29) is 6.10 Å². The van der Waals surface area contributed by atoms with E-state index in [4.69, 9.17) is 4.74 Å². The normalized spacial score (nSPS) is 11.8. The molecular formula is C118H174N14O. The Hall–Kier alpha value is -10.5. The Balaban J connectivity index is 0.000000374. The molecule has 133 heavy (non-hydrogen) atoms. The van der Waals surface area contributed by atoms with Gasteiger partial charge >= 0.3 is 0 Å². The van der Waals surface area contributed by atoms with Gasteiger partial charge in [-0.05, 0) is 279 Å². The van der Waals surface area contributed by atoms with E-state index in [0.29, 0.717) is 88.7 Å². The molecule has 15 heteroatoms. The lowest BCUT2D eigenvalue weighted by Crippen LogP contribution is -2.06. The average molecular weight is 1800 g/mol. The van der Waals surface area contributed by atoms with Crippen LogP contribution in [-0.4, -0.2) is 75.9 Å². The van der Waals surface area contributed by atoms with Crippen LogP contribution in [0.5, 0.6) is 5.88 Å². The highest BCUT2D eigenvalue weighted by Gasteiger charge is 2.25. The number of nitrogens with zero attached hydrogens (tertiary/aromatic N) is 14. The molecular weight excluding hydrogens is 1630 g/mol. The third kappa shape index (κ3) is 49.9. The summed E-state index contributed by atoms with van der Waals surface area (Å²) in [6.45, 7) is 76.9. The average Bonchev–Trinajstić information content (AvgIpc) is 1.72. The molecule has 0 saturated heterocycles. The molecule has 0 amide bonds. The lowest BCUT2D eigenvalue weighted by Gasteiger charge is -2.09. The van der Waals surface area contributed by atoms with Crippen molar-refractivity contribution in [3.05, 3.63) is 338 Å². The zero-order chi connectivity index (χ0) is 99.4. The van der Waals surface area contributed by atoms with Crippen molar-refractivity contribution in [2.45, 2.75) is 395 Å². The second-order valence-electron chi connectivity index (χ2n) is 39.6. The first-order valence-electron chi connectivity index (χ1n) is 49.6. The van der Waals surface area contributed by atoms with Crippen molar-refractivity contribution in [2.24, 2.45) is 0 Å². The van der Waals surface area contributed by atoms with Crippen molar-refractivity contribution in [2.75, 3.05) is 0 Å². The van der Waals surface area contributed by atoms with Gasteiger partial charge in [0, 0.05) is 162 Å². The van der Waals surface area contributed by atoms with Crippen molar-refractivity contribution in [1.29, 1.82) is 0 Å². The second kappa shape index (κ2) is 63.6. The highest BCUT2D eigenvalue weighted by Crippen LogP contribution is 2.40. The Kier molecular flexibility index (Phi) is 55.8. The summed E-state index contributed by atoms with van der Waals surface area (Å²) in [4.78, 5) is 59.8. The molecule has 2 saturated carbocycles.